The monoisotopic (exact) mass is 478 g/mol. The Balaban J connectivity index is 1.39. The highest BCUT2D eigenvalue weighted by Crippen LogP contribution is 2.25. The van der Waals surface area contributed by atoms with Crippen LogP contribution in [-0.2, 0) is 16.1 Å². The van der Waals surface area contributed by atoms with Crippen LogP contribution in [0.25, 0.3) is 0 Å². The lowest BCUT2D eigenvalue weighted by molar-refractivity contribution is -0.131. The molecule has 0 unspecified atom stereocenters. The summed E-state index contributed by atoms with van der Waals surface area (Å²) in [5, 5.41) is 5.86. The summed E-state index contributed by atoms with van der Waals surface area (Å²) in [5.74, 6) is -0.954. The van der Waals surface area contributed by atoms with E-state index in [-0.39, 0.29) is 11.8 Å². The van der Waals surface area contributed by atoms with E-state index < -0.39 is 11.9 Å². The second-order valence-electron chi connectivity index (χ2n) is 8.24. The number of esters is 1. The number of ether oxygens (including phenoxy) is 1. The van der Waals surface area contributed by atoms with E-state index in [1.807, 2.05) is 72.8 Å². The van der Waals surface area contributed by atoms with E-state index in [0.29, 0.717) is 23.5 Å². The molecule has 4 rings (SSSR count). The van der Waals surface area contributed by atoms with Crippen molar-refractivity contribution in [1.29, 1.82) is 0 Å². The van der Waals surface area contributed by atoms with Gasteiger partial charge in [0.25, 0.3) is 5.91 Å². The van der Waals surface area contributed by atoms with E-state index in [2.05, 4.69) is 10.6 Å². The normalized spacial score (nSPS) is 10.5. The molecule has 6 nitrogen and oxygen atoms in total. The van der Waals surface area contributed by atoms with Crippen LogP contribution >= 0.6 is 0 Å². The van der Waals surface area contributed by atoms with Crippen LogP contribution in [-0.4, -0.2) is 17.8 Å². The average Bonchev–Trinajstić information content (AvgIpc) is 2.89. The van der Waals surface area contributed by atoms with Gasteiger partial charge in [0.1, 0.15) is 5.75 Å². The Morgan fingerprint density at radius 3 is 1.94 bits per heavy atom. The lowest BCUT2D eigenvalue weighted by Gasteiger charge is -2.18. The fourth-order valence-corrected chi connectivity index (χ4v) is 3.85. The number of benzene rings is 4. The van der Waals surface area contributed by atoms with Crippen molar-refractivity contribution in [1.82, 2.24) is 5.32 Å². The summed E-state index contributed by atoms with van der Waals surface area (Å²) in [6.45, 7) is 1.66. The maximum absolute atomic E-state index is 13.2. The number of rotatable bonds is 8. The van der Waals surface area contributed by atoms with Crippen LogP contribution in [0.4, 0.5) is 5.69 Å². The van der Waals surface area contributed by atoms with Crippen molar-refractivity contribution in [2.24, 2.45) is 0 Å². The van der Waals surface area contributed by atoms with Crippen LogP contribution in [0.15, 0.2) is 109 Å². The lowest BCUT2D eigenvalue weighted by Crippen LogP contribution is -2.29. The fraction of sp³-hybridized carbons (Fsp3) is 0.100. The summed E-state index contributed by atoms with van der Waals surface area (Å²) in [4.78, 5) is 36.9. The van der Waals surface area contributed by atoms with Gasteiger partial charge in [-0.05, 0) is 47.0 Å². The third-order valence-electron chi connectivity index (χ3n) is 5.56. The Morgan fingerprint density at radius 1 is 0.750 bits per heavy atom. The first-order chi connectivity index (χ1) is 17.5. The third-order valence-corrected chi connectivity index (χ3v) is 5.56. The minimum absolute atomic E-state index is 0.0857. The summed E-state index contributed by atoms with van der Waals surface area (Å²) >= 11 is 0. The predicted molar refractivity (Wildman–Crippen MR) is 139 cm³/mol. The molecule has 0 saturated heterocycles. The SMILES string of the molecule is CC(=O)Oc1cccc(C(=O)Nc2ccc(CNC(=O)C(c3ccccc3)c3ccccc3)cc2)c1. The van der Waals surface area contributed by atoms with Crippen LogP contribution in [0, 0.1) is 0 Å². The lowest BCUT2D eigenvalue weighted by atomic mass is 9.90. The first-order valence-electron chi connectivity index (χ1n) is 11.6. The Morgan fingerprint density at radius 2 is 1.36 bits per heavy atom. The van der Waals surface area contributed by atoms with Crippen molar-refractivity contribution in [2.45, 2.75) is 19.4 Å². The maximum Gasteiger partial charge on any atom is 0.308 e. The highest BCUT2D eigenvalue weighted by atomic mass is 16.5. The number of carbonyl (C=O) groups excluding carboxylic acids is 3. The van der Waals surface area contributed by atoms with E-state index in [0.717, 1.165) is 16.7 Å². The van der Waals surface area contributed by atoms with Crippen molar-refractivity contribution in [3.05, 3.63) is 131 Å². The van der Waals surface area contributed by atoms with E-state index in [4.69, 9.17) is 4.74 Å². The fourth-order valence-electron chi connectivity index (χ4n) is 3.85. The van der Waals surface area contributed by atoms with E-state index in [9.17, 15) is 14.4 Å². The molecule has 0 aliphatic carbocycles. The van der Waals surface area contributed by atoms with E-state index in [1.54, 1.807) is 30.3 Å². The number of anilines is 1. The van der Waals surface area contributed by atoms with Crippen molar-refractivity contribution >= 4 is 23.5 Å². The topological polar surface area (TPSA) is 84.5 Å². The van der Waals surface area contributed by atoms with Crippen molar-refractivity contribution in [3.8, 4) is 5.75 Å². The summed E-state index contributed by atoms with van der Waals surface area (Å²) in [6.07, 6.45) is 0. The van der Waals surface area contributed by atoms with Crippen LogP contribution in [0.3, 0.4) is 0 Å². The van der Waals surface area contributed by atoms with Gasteiger partial charge in [0.05, 0.1) is 5.92 Å². The number of carbonyl (C=O) groups is 3. The molecule has 2 amide bonds. The first-order valence-corrected chi connectivity index (χ1v) is 11.6. The number of amides is 2. The minimum atomic E-state index is -0.450. The zero-order chi connectivity index (χ0) is 25.3. The zero-order valence-electron chi connectivity index (χ0n) is 19.8. The number of hydrogen-bond donors (Lipinski definition) is 2. The Bertz CT molecular complexity index is 1300. The van der Waals surface area contributed by atoms with Gasteiger partial charge in [-0.2, -0.15) is 0 Å². The van der Waals surface area contributed by atoms with Gasteiger partial charge in [0.15, 0.2) is 0 Å². The van der Waals surface area contributed by atoms with Crippen LogP contribution in [0.2, 0.25) is 0 Å². The van der Waals surface area contributed by atoms with Gasteiger partial charge in [-0.25, -0.2) is 0 Å². The summed E-state index contributed by atoms with van der Waals surface area (Å²) in [7, 11) is 0. The number of hydrogen-bond acceptors (Lipinski definition) is 4. The molecule has 6 heteroatoms. The van der Waals surface area contributed by atoms with Crippen molar-refractivity contribution in [2.75, 3.05) is 5.32 Å². The molecule has 0 aromatic heterocycles. The second kappa shape index (κ2) is 11.6. The van der Waals surface area contributed by atoms with Gasteiger partial charge in [-0.3, -0.25) is 14.4 Å². The van der Waals surface area contributed by atoms with E-state index >= 15 is 0 Å². The molecule has 0 spiro atoms. The van der Waals surface area contributed by atoms with Crippen LogP contribution in [0.1, 0.15) is 39.9 Å². The average molecular weight is 479 g/mol. The molecule has 0 saturated carbocycles. The molecule has 0 fully saturated rings. The molecule has 2 N–H and O–H groups in total. The summed E-state index contributed by atoms with van der Waals surface area (Å²) < 4.78 is 5.04. The summed E-state index contributed by atoms with van der Waals surface area (Å²) in [6, 6.07) is 33.1. The van der Waals surface area contributed by atoms with Gasteiger partial charge in [0, 0.05) is 24.7 Å². The zero-order valence-corrected chi connectivity index (χ0v) is 19.8. The standard InChI is InChI=1S/C30H26N2O4/c1-21(33)36-27-14-8-13-25(19-27)29(34)32-26-17-15-22(16-18-26)20-31-30(35)28(23-9-4-2-5-10-23)24-11-6-3-7-12-24/h2-19,28H,20H2,1H3,(H,31,35)(H,32,34). The largest absolute Gasteiger partial charge is 0.427 e. The Kier molecular flexibility index (Phi) is 7.88. The Hall–Kier alpha value is -4.71. The van der Waals surface area contributed by atoms with Crippen molar-refractivity contribution < 1.29 is 19.1 Å². The van der Waals surface area contributed by atoms with E-state index in [1.165, 1.54) is 13.0 Å². The van der Waals surface area contributed by atoms with Crippen LogP contribution < -0.4 is 15.4 Å². The van der Waals surface area contributed by atoms with Crippen molar-refractivity contribution in [3.63, 3.8) is 0 Å². The maximum atomic E-state index is 13.2. The van der Waals surface area contributed by atoms with Crippen LogP contribution in [0.5, 0.6) is 5.75 Å². The van der Waals surface area contributed by atoms with Gasteiger partial charge in [-0.1, -0.05) is 78.9 Å². The molecule has 0 atom stereocenters. The minimum Gasteiger partial charge on any atom is -0.427 e. The molecule has 0 aliphatic heterocycles. The quantitative estimate of drug-likeness (QED) is 0.265. The highest BCUT2D eigenvalue weighted by molar-refractivity contribution is 6.04. The second-order valence-corrected chi connectivity index (χ2v) is 8.24. The molecular weight excluding hydrogens is 452 g/mol. The first kappa shape index (κ1) is 24.4. The molecular formula is C30H26N2O4. The highest BCUT2D eigenvalue weighted by Gasteiger charge is 2.22. The molecule has 0 radical (unpaired) electrons. The third kappa shape index (κ3) is 6.45. The van der Waals surface area contributed by atoms with Gasteiger partial charge >= 0.3 is 5.97 Å². The molecule has 0 bridgehead atoms. The predicted octanol–water partition coefficient (Wildman–Crippen LogP) is 5.31. The molecule has 4 aromatic rings. The van der Waals surface area contributed by atoms with Gasteiger partial charge in [-0.15, -0.1) is 0 Å². The van der Waals surface area contributed by atoms with Gasteiger partial charge < -0.3 is 15.4 Å². The summed E-state index contributed by atoms with van der Waals surface area (Å²) in [5.41, 5.74) is 3.74. The number of nitrogens with one attached hydrogen (secondary N) is 2. The Labute approximate surface area is 209 Å². The van der Waals surface area contributed by atoms with Gasteiger partial charge in [0.2, 0.25) is 5.91 Å². The molecule has 36 heavy (non-hydrogen) atoms. The molecule has 180 valence electrons. The molecule has 0 aliphatic rings. The molecule has 0 heterocycles. The smallest absolute Gasteiger partial charge is 0.308 e. The molecule has 4 aromatic carbocycles.